The maximum atomic E-state index is 13.0. The molecule has 2 aromatic carbocycles. The zero-order chi connectivity index (χ0) is 19.4. The normalized spacial score (nSPS) is 17.2. The molecule has 1 aliphatic rings. The Balaban J connectivity index is 1.66. The van der Waals surface area contributed by atoms with Gasteiger partial charge in [-0.1, -0.05) is 57.0 Å². The Kier molecular flexibility index (Phi) is 6.17. The first-order chi connectivity index (χ1) is 12.9. The molecule has 5 nitrogen and oxygen atoms in total. The van der Waals surface area contributed by atoms with Crippen LogP contribution in [0.25, 0.3) is 10.8 Å². The first-order valence-corrected chi connectivity index (χ1v) is 11.1. The molecular formula is C21H28N2O3S. The molecule has 1 fully saturated rings. The molecule has 0 bridgehead atoms. The van der Waals surface area contributed by atoms with Gasteiger partial charge >= 0.3 is 0 Å². The van der Waals surface area contributed by atoms with Crippen LogP contribution in [-0.4, -0.2) is 49.7 Å². The van der Waals surface area contributed by atoms with Crippen molar-refractivity contribution >= 4 is 26.7 Å². The summed E-state index contributed by atoms with van der Waals surface area (Å²) in [7, 11) is -3.54. The summed E-state index contributed by atoms with van der Waals surface area (Å²) < 4.78 is 27.5. The lowest BCUT2D eigenvalue weighted by atomic mass is 10.0. The average Bonchev–Trinajstić information content (AvgIpc) is 2.67. The Hall–Kier alpha value is -1.92. The molecule has 0 aliphatic carbocycles. The summed E-state index contributed by atoms with van der Waals surface area (Å²) in [5.41, 5.74) is 0. The second-order valence-corrected chi connectivity index (χ2v) is 9.33. The van der Waals surface area contributed by atoms with Crippen molar-refractivity contribution in [3.63, 3.8) is 0 Å². The molecular weight excluding hydrogens is 360 g/mol. The highest BCUT2D eigenvalue weighted by molar-refractivity contribution is 7.89. The van der Waals surface area contributed by atoms with Crippen molar-refractivity contribution in [2.24, 2.45) is 5.92 Å². The van der Waals surface area contributed by atoms with Crippen LogP contribution in [0.3, 0.4) is 0 Å². The highest BCUT2D eigenvalue weighted by atomic mass is 32.2. The number of carbonyl (C=O) groups excluding carboxylic acids is 1. The molecule has 1 aliphatic heterocycles. The van der Waals surface area contributed by atoms with Crippen LogP contribution < -0.4 is 0 Å². The topological polar surface area (TPSA) is 57.7 Å². The molecule has 146 valence electrons. The summed E-state index contributed by atoms with van der Waals surface area (Å²) in [6.07, 6.45) is 2.67. The van der Waals surface area contributed by atoms with Gasteiger partial charge in [-0.05, 0) is 28.8 Å². The minimum absolute atomic E-state index is 0.138. The Bertz CT molecular complexity index is 903. The zero-order valence-electron chi connectivity index (χ0n) is 16.1. The van der Waals surface area contributed by atoms with Crippen LogP contribution >= 0.6 is 0 Å². The second kappa shape index (κ2) is 8.40. The number of nitrogens with zero attached hydrogens (tertiary/aromatic N) is 2. The van der Waals surface area contributed by atoms with E-state index in [0.29, 0.717) is 43.4 Å². The Labute approximate surface area is 162 Å². The highest BCUT2D eigenvalue weighted by Gasteiger charge is 2.30. The van der Waals surface area contributed by atoms with Crippen LogP contribution in [0.15, 0.2) is 47.4 Å². The number of sulfonamides is 1. The van der Waals surface area contributed by atoms with E-state index in [1.165, 1.54) is 4.31 Å². The third kappa shape index (κ3) is 4.50. The van der Waals surface area contributed by atoms with Gasteiger partial charge in [0.15, 0.2) is 0 Å². The molecule has 2 aromatic rings. The van der Waals surface area contributed by atoms with E-state index in [9.17, 15) is 13.2 Å². The van der Waals surface area contributed by atoms with Gasteiger partial charge in [0.05, 0.1) is 4.90 Å². The molecule has 3 rings (SSSR count). The zero-order valence-corrected chi connectivity index (χ0v) is 16.9. The molecule has 0 aromatic heterocycles. The van der Waals surface area contributed by atoms with Crippen LogP contribution in [0, 0.1) is 5.92 Å². The van der Waals surface area contributed by atoms with E-state index in [0.717, 1.165) is 23.6 Å². The first kappa shape index (κ1) is 19.8. The predicted molar refractivity (Wildman–Crippen MR) is 108 cm³/mol. The molecule has 0 radical (unpaired) electrons. The number of hydrogen-bond donors (Lipinski definition) is 0. The smallest absolute Gasteiger partial charge is 0.243 e. The minimum atomic E-state index is -3.54. The molecule has 0 N–H and O–H groups in total. The van der Waals surface area contributed by atoms with Gasteiger partial charge in [-0.15, -0.1) is 0 Å². The lowest BCUT2D eigenvalue weighted by molar-refractivity contribution is -0.133. The van der Waals surface area contributed by atoms with Gasteiger partial charge < -0.3 is 4.90 Å². The lowest BCUT2D eigenvalue weighted by Crippen LogP contribution is -2.50. The van der Waals surface area contributed by atoms with Crippen LogP contribution in [0.2, 0.25) is 0 Å². The maximum absolute atomic E-state index is 13.0. The van der Waals surface area contributed by atoms with Crippen molar-refractivity contribution in [1.82, 2.24) is 9.21 Å². The first-order valence-electron chi connectivity index (χ1n) is 9.68. The number of piperazine rings is 1. The Morgan fingerprint density at radius 3 is 2.37 bits per heavy atom. The fourth-order valence-electron chi connectivity index (χ4n) is 3.68. The minimum Gasteiger partial charge on any atom is -0.340 e. The van der Waals surface area contributed by atoms with E-state index in [-0.39, 0.29) is 5.91 Å². The number of carbonyl (C=O) groups is 1. The van der Waals surface area contributed by atoms with E-state index in [1.807, 2.05) is 30.3 Å². The van der Waals surface area contributed by atoms with Crippen LogP contribution in [0.1, 0.15) is 33.1 Å². The van der Waals surface area contributed by atoms with Gasteiger partial charge in [-0.2, -0.15) is 4.31 Å². The Morgan fingerprint density at radius 1 is 1.04 bits per heavy atom. The quantitative estimate of drug-likeness (QED) is 0.761. The molecule has 0 saturated carbocycles. The van der Waals surface area contributed by atoms with Gasteiger partial charge in [0.25, 0.3) is 0 Å². The van der Waals surface area contributed by atoms with E-state index in [1.54, 1.807) is 17.0 Å². The molecule has 1 heterocycles. The summed E-state index contributed by atoms with van der Waals surface area (Å²) in [5, 5.41) is 1.94. The third-order valence-electron chi connectivity index (χ3n) is 5.25. The third-order valence-corrected chi connectivity index (χ3v) is 7.15. The average molecular weight is 389 g/mol. The molecule has 0 spiro atoms. The van der Waals surface area contributed by atoms with Crippen LogP contribution in [0.4, 0.5) is 0 Å². The molecule has 1 saturated heterocycles. The van der Waals surface area contributed by atoms with E-state index < -0.39 is 10.0 Å². The van der Waals surface area contributed by atoms with Gasteiger partial charge in [0.2, 0.25) is 15.9 Å². The summed E-state index contributed by atoms with van der Waals surface area (Å²) in [6.45, 7) is 5.85. The lowest BCUT2D eigenvalue weighted by Gasteiger charge is -2.34. The van der Waals surface area contributed by atoms with E-state index in [4.69, 9.17) is 0 Å². The monoisotopic (exact) mass is 388 g/mol. The predicted octanol–water partition coefficient (Wildman–Crippen LogP) is 3.50. The van der Waals surface area contributed by atoms with Gasteiger partial charge in [-0.3, -0.25) is 4.79 Å². The van der Waals surface area contributed by atoms with Gasteiger partial charge in [0.1, 0.15) is 0 Å². The summed E-state index contributed by atoms with van der Waals surface area (Å²) in [5.74, 6) is 0.514. The summed E-state index contributed by atoms with van der Waals surface area (Å²) in [6, 6.07) is 13.0. The maximum Gasteiger partial charge on any atom is 0.243 e. The molecule has 6 heteroatoms. The van der Waals surface area contributed by atoms with E-state index >= 15 is 0 Å². The fraction of sp³-hybridized carbons (Fsp3) is 0.476. The second-order valence-electron chi connectivity index (χ2n) is 7.39. The van der Waals surface area contributed by atoms with Crippen LogP contribution in [-0.2, 0) is 14.8 Å². The fourth-order valence-corrected chi connectivity index (χ4v) is 5.13. The molecule has 1 unspecified atom stereocenters. The van der Waals surface area contributed by atoms with Crippen molar-refractivity contribution in [2.75, 3.05) is 26.2 Å². The summed E-state index contributed by atoms with van der Waals surface area (Å²) in [4.78, 5) is 14.5. The van der Waals surface area contributed by atoms with Crippen molar-refractivity contribution in [3.8, 4) is 0 Å². The van der Waals surface area contributed by atoms with E-state index in [2.05, 4.69) is 13.8 Å². The van der Waals surface area contributed by atoms with Crippen LogP contribution in [0.5, 0.6) is 0 Å². The highest BCUT2D eigenvalue weighted by Crippen LogP contribution is 2.23. The van der Waals surface area contributed by atoms with Crippen molar-refractivity contribution in [2.45, 2.75) is 38.0 Å². The van der Waals surface area contributed by atoms with Crippen molar-refractivity contribution < 1.29 is 13.2 Å². The standard InChI is InChI=1S/C21H28N2O3S/c1-3-6-17(2)15-21(24)22-11-13-23(14-12-22)27(25,26)20-10-9-18-7-4-5-8-19(18)16-20/h4-5,7-10,16-17H,3,6,11-15H2,1-2H3. The molecule has 27 heavy (non-hydrogen) atoms. The molecule has 1 amide bonds. The van der Waals surface area contributed by atoms with Crippen molar-refractivity contribution in [1.29, 1.82) is 0 Å². The summed E-state index contributed by atoms with van der Waals surface area (Å²) >= 11 is 0. The molecule has 1 atom stereocenters. The van der Waals surface area contributed by atoms with Crippen molar-refractivity contribution in [3.05, 3.63) is 42.5 Å². The SMILES string of the molecule is CCCC(C)CC(=O)N1CCN(S(=O)(=O)c2ccc3ccccc3c2)CC1. The Morgan fingerprint density at radius 2 is 1.70 bits per heavy atom. The number of rotatable bonds is 6. The number of benzene rings is 2. The van der Waals surface area contributed by atoms with Gasteiger partial charge in [0, 0.05) is 32.6 Å². The largest absolute Gasteiger partial charge is 0.340 e. The number of hydrogen-bond acceptors (Lipinski definition) is 3. The number of fused-ring (bicyclic) bond motifs is 1. The number of amides is 1. The van der Waals surface area contributed by atoms with Gasteiger partial charge in [-0.25, -0.2) is 8.42 Å².